The molecule has 0 heterocycles. The molecule has 0 unspecified atom stereocenters. The maximum absolute atomic E-state index is 11.7. The zero-order chi connectivity index (χ0) is 13.0. The van der Waals surface area contributed by atoms with Crippen LogP contribution in [0.5, 0.6) is 11.5 Å². The number of anilines is 1. The third-order valence-corrected chi connectivity index (χ3v) is 2.32. The molecule has 0 aliphatic carbocycles. The van der Waals surface area contributed by atoms with Crippen molar-refractivity contribution in [1.29, 1.82) is 0 Å². The van der Waals surface area contributed by atoms with E-state index in [-0.39, 0.29) is 17.1 Å². The van der Waals surface area contributed by atoms with Crippen molar-refractivity contribution in [3.63, 3.8) is 0 Å². The molecule has 2 rings (SSSR count). The summed E-state index contributed by atoms with van der Waals surface area (Å²) in [6.45, 7) is 0. The molecular formula is C13H12N2O3. The van der Waals surface area contributed by atoms with E-state index >= 15 is 0 Å². The maximum atomic E-state index is 11.7. The van der Waals surface area contributed by atoms with Crippen LogP contribution in [-0.4, -0.2) is 16.1 Å². The van der Waals surface area contributed by atoms with Crippen LogP contribution >= 0.6 is 0 Å². The summed E-state index contributed by atoms with van der Waals surface area (Å²) in [5, 5.41) is 18.8. The zero-order valence-corrected chi connectivity index (χ0v) is 9.42. The lowest BCUT2D eigenvalue weighted by atomic mass is 10.2. The van der Waals surface area contributed by atoms with E-state index in [1.54, 1.807) is 12.1 Å². The molecule has 2 aromatic carbocycles. The van der Waals surface area contributed by atoms with Crippen molar-refractivity contribution in [3.8, 4) is 11.5 Å². The van der Waals surface area contributed by atoms with E-state index in [0.717, 1.165) is 0 Å². The summed E-state index contributed by atoms with van der Waals surface area (Å²) in [5.41, 5.74) is 5.83. The third-order valence-electron chi connectivity index (χ3n) is 2.32. The molecule has 5 nitrogen and oxygen atoms in total. The first kappa shape index (κ1) is 11.8. The second-order valence-corrected chi connectivity index (χ2v) is 3.65. The Morgan fingerprint density at radius 2 is 1.72 bits per heavy atom. The van der Waals surface area contributed by atoms with Crippen molar-refractivity contribution in [2.45, 2.75) is 0 Å². The van der Waals surface area contributed by atoms with Crippen LogP contribution in [0.25, 0.3) is 0 Å². The van der Waals surface area contributed by atoms with Gasteiger partial charge in [-0.05, 0) is 30.3 Å². The van der Waals surface area contributed by atoms with Crippen molar-refractivity contribution in [2.24, 2.45) is 0 Å². The van der Waals surface area contributed by atoms with Crippen LogP contribution in [0.15, 0.2) is 48.5 Å². The molecule has 0 fully saturated rings. The molecule has 0 atom stereocenters. The van der Waals surface area contributed by atoms with Gasteiger partial charge in [0.2, 0.25) is 0 Å². The first-order chi connectivity index (χ1) is 8.66. The van der Waals surface area contributed by atoms with Gasteiger partial charge in [-0.1, -0.05) is 18.2 Å². The number of nitrogens with one attached hydrogen (secondary N) is 2. The Labute approximate surface area is 104 Å². The summed E-state index contributed by atoms with van der Waals surface area (Å²) >= 11 is 0. The van der Waals surface area contributed by atoms with Gasteiger partial charge < -0.3 is 10.2 Å². The number of carbonyl (C=O) groups excluding carboxylic acids is 1. The largest absolute Gasteiger partial charge is 0.508 e. The summed E-state index contributed by atoms with van der Waals surface area (Å²) in [5.74, 6) is -0.815. The van der Waals surface area contributed by atoms with Gasteiger partial charge in [-0.3, -0.25) is 15.6 Å². The van der Waals surface area contributed by atoms with Crippen LogP contribution < -0.4 is 10.9 Å². The minimum atomic E-state index is -0.535. The van der Waals surface area contributed by atoms with Crippen molar-refractivity contribution < 1.29 is 15.0 Å². The number of phenolic OH excluding ortho intramolecular Hbond substituents is 2. The van der Waals surface area contributed by atoms with Gasteiger partial charge in [-0.15, -0.1) is 0 Å². The van der Waals surface area contributed by atoms with E-state index in [1.165, 1.54) is 18.2 Å². The lowest BCUT2D eigenvalue weighted by molar-refractivity contribution is 0.0959. The molecular weight excluding hydrogens is 232 g/mol. The van der Waals surface area contributed by atoms with Gasteiger partial charge >= 0.3 is 0 Å². The Kier molecular flexibility index (Phi) is 3.33. The van der Waals surface area contributed by atoms with Crippen molar-refractivity contribution in [2.75, 3.05) is 5.43 Å². The number of benzene rings is 2. The molecule has 0 bridgehead atoms. The first-order valence-corrected chi connectivity index (χ1v) is 5.30. The number of hydrogen-bond donors (Lipinski definition) is 4. The number of hydrazine groups is 1. The van der Waals surface area contributed by atoms with E-state index in [4.69, 9.17) is 0 Å². The number of carbonyl (C=O) groups is 1. The molecule has 0 saturated carbocycles. The lowest BCUT2D eigenvalue weighted by Crippen LogP contribution is -2.29. The Balaban J connectivity index is 2.06. The van der Waals surface area contributed by atoms with Gasteiger partial charge in [0, 0.05) is 0 Å². The Morgan fingerprint density at radius 1 is 1.00 bits per heavy atom. The minimum Gasteiger partial charge on any atom is -0.508 e. The number of amides is 1. The fourth-order valence-corrected chi connectivity index (χ4v) is 1.42. The topological polar surface area (TPSA) is 81.6 Å². The van der Waals surface area contributed by atoms with Crippen LogP contribution in [0.3, 0.4) is 0 Å². The highest BCUT2D eigenvalue weighted by molar-refractivity contribution is 5.97. The maximum Gasteiger partial charge on any atom is 0.273 e. The fourth-order valence-electron chi connectivity index (χ4n) is 1.42. The van der Waals surface area contributed by atoms with Crippen LogP contribution in [0.4, 0.5) is 5.69 Å². The second kappa shape index (κ2) is 5.09. The predicted octanol–water partition coefficient (Wildman–Crippen LogP) is 1.85. The molecule has 1 amide bonds. The van der Waals surface area contributed by atoms with Crippen LogP contribution in [-0.2, 0) is 0 Å². The van der Waals surface area contributed by atoms with Gasteiger partial charge in [-0.25, -0.2) is 0 Å². The van der Waals surface area contributed by atoms with E-state index in [1.807, 2.05) is 18.2 Å². The number of phenols is 2. The molecule has 0 aromatic heterocycles. The minimum absolute atomic E-state index is 0.00145. The molecule has 0 radical (unpaired) electrons. The fraction of sp³-hybridized carbons (Fsp3) is 0. The predicted molar refractivity (Wildman–Crippen MR) is 67.3 cm³/mol. The average molecular weight is 244 g/mol. The number of hydrogen-bond acceptors (Lipinski definition) is 4. The number of rotatable bonds is 3. The standard InChI is InChI=1S/C13H12N2O3/c16-10-6-7-12(17)11(8-10)13(18)15-14-9-4-2-1-3-5-9/h1-8,14,16-17H,(H,15,18). The molecule has 92 valence electrons. The van der Waals surface area contributed by atoms with Gasteiger partial charge in [-0.2, -0.15) is 0 Å². The van der Waals surface area contributed by atoms with Gasteiger partial charge in [0.1, 0.15) is 11.5 Å². The number of aromatic hydroxyl groups is 2. The SMILES string of the molecule is O=C(NNc1ccccc1)c1cc(O)ccc1O. The highest BCUT2D eigenvalue weighted by Crippen LogP contribution is 2.21. The highest BCUT2D eigenvalue weighted by Gasteiger charge is 2.11. The summed E-state index contributed by atoms with van der Waals surface area (Å²) < 4.78 is 0. The molecule has 4 N–H and O–H groups in total. The van der Waals surface area contributed by atoms with Crippen molar-refractivity contribution in [3.05, 3.63) is 54.1 Å². The third kappa shape index (κ3) is 2.70. The van der Waals surface area contributed by atoms with E-state index in [2.05, 4.69) is 10.9 Å². The van der Waals surface area contributed by atoms with Crippen LogP contribution in [0, 0.1) is 0 Å². The molecule has 0 aliphatic heterocycles. The highest BCUT2D eigenvalue weighted by atomic mass is 16.3. The monoisotopic (exact) mass is 244 g/mol. The van der Waals surface area contributed by atoms with Gasteiger partial charge in [0.15, 0.2) is 0 Å². The van der Waals surface area contributed by atoms with Gasteiger partial charge in [0.05, 0.1) is 11.3 Å². The smallest absolute Gasteiger partial charge is 0.273 e. The summed E-state index contributed by atoms with van der Waals surface area (Å²) in [6, 6.07) is 12.8. The van der Waals surface area contributed by atoms with Crippen LogP contribution in [0.1, 0.15) is 10.4 Å². The van der Waals surface area contributed by atoms with Crippen molar-refractivity contribution >= 4 is 11.6 Å². The molecule has 0 spiro atoms. The van der Waals surface area contributed by atoms with E-state index in [0.29, 0.717) is 5.69 Å². The molecule has 18 heavy (non-hydrogen) atoms. The molecule has 0 aliphatic rings. The second-order valence-electron chi connectivity index (χ2n) is 3.65. The Morgan fingerprint density at radius 3 is 2.44 bits per heavy atom. The molecule has 5 heteroatoms. The summed E-state index contributed by atoms with van der Waals surface area (Å²) in [6.07, 6.45) is 0. The summed E-state index contributed by atoms with van der Waals surface area (Å²) in [4.78, 5) is 11.7. The zero-order valence-electron chi connectivity index (χ0n) is 9.42. The lowest BCUT2D eigenvalue weighted by Gasteiger charge is -2.09. The Bertz CT molecular complexity index is 555. The first-order valence-electron chi connectivity index (χ1n) is 5.30. The van der Waals surface area contributed by atoms with Gasteiger partial charge in [0.25, 0.3) is 5.91 Å². The van der Waals surface area contributed by atoms with E-state index < -0.39 is 5.91 Å². The van der Waals surface area contributed by atoms with E-state index in [9.17, 15) is 15.0 Å². The molecule has 2 aromatic rings. The van der Waals surface area contributed by atoms with Crippen molar-refractivity contribution in [1.82, 2.24) is 5.43 Å². The molecule has 0 saturated heterocycles. The summed E-state index contributed by atoms with van der Waals surface area (Å²) in [7, 11) is 0. The average Bonchev–Trinajstić information content (AvgIpc) is 2.40. The Hall–Kier alpha value is -2.69. The normalized spacial score (nSPS) is 9.78. The van der Waals surface area contributed by atoms with Crippen LogP contribution in [0.2, 0.25) is 0 Å². The quantitative estimate of drug-likeness (QED) is 0.490. The number of para-hydroxylation sites is 1.